The van der Waals surface area contributed by atoms with Crippen LogP contribution in [0, 0.1) is 6.92 Å². The van der Waals surface area contributed by atoms with E-state index in [9.17, 15) is 9.59 Å². The van der Waals surface area contributed by atoms with Crippen LogP contribution >= 0.6 is 0 Å². The third kappa shape index (κ3) is 4.73. The number of rotatable bonds is 7. The van der Waals surface area contributed by atoms with E-state index in [4.69, 9.17) is 9.47 Å². The van der Waals surface area contributed by atoms with Crippen LogP contribution in [0.4, 0.5) is 4.79 Å². The number of amides is 1. The zero-order valence-electron chi connectivity index (χ0n) is 20.2. The molecule has 1 aromatic heterocycles. The zero-order chi connectivity index (χ0) is 25.1. The number of carbonyl (C=O) groups is 2. The molecule has 0 unspecified atom stereocenters. The minimum atomic E-state index is -0.924. The zero-order valence-corrected chi connectivity index (χ0v) is 20.2. The molecule has 5 rings (SSSR count). The molecule has 36 heavy (non-hydrogen) atoms. The molecule has 0 spiro atoms. The van der Waals surface area contributed by atoms with Crippen LogP contribution in [0.2, 0.25) is 0 Å². The van der Waals surface area contributed by atoms with Crippen molar-refractivity contribution in [1.82, 2.24) is 14.9 Å². The molecule has 7 nitrogen and oxygen atoms in total. The van der Waals surface area contributed by atoms with E-state index in [1.165, 1.54) is 7.11 Å². The number of esters is 1. The Morgan fingerprint density at radius 1 is 0.972 bits per heavy atom. The van der Waals surface area contributed by atoms with Gasteiger partial charge in [-0.3, -0.25) is 0 Å². The Balaban J connectivity index is 1.25. The third-order valence-corrected chi connectivity index (χ3v) is 6.50. The van der Waals surface area contributed by atoms with Crippen molar-refractivity contribution in [3.63, 3.8) is 0 Å². The smallest absolute Gasteiger partial charge is 0.407 e. The maximum absolute atomic E-state index is 12.7. The second-order valence-corrected chi connectivity index (χ2v) is 8.86. The Kier molecular flexibility index (Phi) is 6.54. The first kappa shape index (κ1) is 23.4. The first-order valence-electron chi connectivity index (χ1n) is 11.8. The number of carbonyl (C=O) groups excluding carboxylic acids is 2. The summed E-state index contributed by atoms with van der Waals surface area (Å²) >= 11 is 0. The van der Waals surface area contributed by atoms with Gasteiger partial charge in [0, 0.05) is 24.2 Å². The number of hydrogen-bond acceptors (Lipinski definition) is 5. The Morgan fingerprint density at radius 2 is 1.61 bits per heavy atom. The average Bonchev–Trinajstić information content (AvgIpc) is 3.50. The number of aromatic nitrogens is 2. The number of hydrogen-bond donors (Lipinski definition) is 1. The van der Waals surface area contributed by atoms with Crippen molar-refractivity contribution in [3.05, 3.63) is 108 Å². The van der Waals surface area contributed by atoms with E-state index < -0.39 is 18.1 Å². The molecule has 1 aliphatic rings. The van der Waals surface area contributed by atoms with Crippen LogP contribution in [-0.4, -0.2) is 41.4 Å². The lowest BCUT2D eigenvalue weighted by Gasteiger charge is -2.18. The van der Waals surface area contributed by atoms with Crippen LogP contribution < -0.4 is 5.32 Å². The van der Waals surface area contributed by atoms with Crippen LogP contribution in [-0.2, 0) is 20.7 Å². The van der Waals surface area contributed by atoms with Gasteiger partial charge in [0.25, 0.3) is 0 Å². The van der Waals surface area contributed by atoms with Gasteiger partial charge < -0.3 is 19.4 Å². The summed E-state index contributed by atoms with van der Waals surface area (Å²) in [5, 5.41) is 2.66. The van der Waals surface area contributed by atoms with Gasteiger partial charge in [-0.05, 0) is 41.3 Å². The van der Waals surface area contributed by atoms with E-state index >= 15 is 0 Å². The summed E-state index contributed by atoms with van der Waals surface area (Å²) in [4.78, 5) is 29.6. The summed E-state index contributed by atoms with van der Waals surface area (Å²) in [6, 6.07) is 23.4. The summed E-state index contributed by atoms with van der Waals surface area (Å²) in [5.74, 6) is -0.627. The first-order valence-corrected chi connectivity index (χ1v) is 11.8. The molecule has 0 fully saturated rings. The molecule has 3 aromatic carbocycles. The summed E-state index contributed by atoms with van der Waals surface area (Å²) in [7, 11) is 1.29. The largest absolute Gasteiger partial charge is 0.467 e. The number of fused-ring (bicyclic) bond motifs is 3. The van der Waals surface area contributed by atoms with Gasteiger partial charge >= 0.3 is 12.1 Å². The highest BCUT2D eigenvalue weighted by Gasteiger charge is 2.30. The lowest BCUT2D eigenvalue weighted by atomic mass is 9.98. The maximum atomic E-state index is 12.7. The number of imidazole rings is 1. The highest BCUT2D eigenvalue weighted by Crippen LogP contribution is 2.44. The van der Waals surface area contributed by atoms with Crippen molar-refractivity contribution >= 4 is 12.1 Å². The Morgan fingerprint density at radius 3 is 2.25 bits per heavy atom. The second kappa shape index (κ2) is 10.1. The van der Waals surface area contributed by atoms with Crippen LogP contribution in [0.25, 0.3) is 16.8 Å². The van der Waals surface area contributed by atoms with Crippen LogP contribution in [0.3, 0.4) is 0 Å². The minimum absolute atomic E-state index is 0.0649. The van der Waals surface area contributed by atoms with E-state index in [2.05, 4.69) is 34.6 Å². The van der Waals surface area contributed by atoms with E-state index in [-0.39, 0.29) is 18.9 Å². The molecule has 1 heterocycles. The Bertz CT molecular complexity index is 1350. The fourth-order valence-corrected chi connectivity index (χ4v) is 4.65. The minimum Gasteiger partial charge on any atom is -0.467 e. The van der Waals surface area contributed by atoms with Crippen molar-refractivity contribution < 1.29 is 19.1 Å². The van der Waals surface area contributed by atoms with Gasteiger partial charge in [0.15, 0.2) is 0 Å². The van der Waals surface area contributed by atoms with Gasteiger partial charge in [0.1, 0.15) is 12.6 Å². The standard InChI is InChI=1S/C29H27N3O4/c1-19-11-13-21(14-12-19)32-16-20(30-18-32)15-27(28(33)35-2)31-29(34)36-17-26-24-9-5-3-7-22(24)23-8-4-6-10-25(23)26/h3-14,16,18,26-27H,15,17H2,1-2H3,(H,31,34)/t27-/m0/s1. The molecule has 0 bridgehead atoms. The van der Waals surface area contributed by atoms with Gasteiger partial charge in [-0.25, -0.2) is 14.6 Å². The molecule has 4 aromatic rings. The molecule has 0 aliphatic heterocycles. The molecule has 1 N–H and O–H groups in total. The highest BCUT2D eigenvalue weighted by molar-refractivity contribution is 5.82. The van der Waals surface area contributed by atoms with Crippen LogP contribution in [0.5, 0.6) is 0 Å². The van der Waals surface area contributed by atoms with Gasteiger partial charge in [-0.15, -0.1) is 0 Å². The third-order valence-electron chi connectivity index (χ3n) is 6.50. The average molecular weight is 482 g/mol. The van der Waals surface area contributed by atoms with Gasteiger partial charge in [0.2, 0.25) is 0 Å². The Labute approximate surface area is 209 Å². The van der Waals surface area contributed by atoms with E-state index in [1.807, 2.05) is 66.2 Å². The lowest BCUT2D eigenvalue weighted by molar-refractivity contribution is -0.143. The quantitative estimate of drug-likeness (QED) is 0.383. The summed E-state index contributed by atoms with van der Waals surface area (Å²) in [5.41, 5.74) is 7.31. The number of nitrogens with zero attached hydrogens (tertiary/aromatic N) is 2. The van der Waals surface area contributed by atoms with E-state index in [1.54, 1.807) is 6.33 Å². The molecule has 182 valence electrons. The van der Waals surface area contributed by atoms with Gasteiger partial charge in [-0.2, -0.15) is 0 Å². The van der Waals surface area contributed by atoms with Crippen molar-refractivity contribution in [2.24, 2.45) is 0 Å². The molecular formula is C29H27N3O4. The normalized spacial score (nSPS) is 12.9. The predicted molar refractivity (Wildman–Crippen MR) is 136 cm³/mol. The molecule has 0 radical (unpaired) electrons. The summed E-state index contributed by atoms with van der Waals surface area (Å²) in [6.45, 7) is 2.19. The number of alkyl carbamates (subject to hydrolysis) is 1. The number of aryl methyl sites for hydroxylation is 1. The van der Waals surface area contributed by atoms with Crippen molar-refractivity contribution in [1.29, 1.82) is 0 Å². The van der Waals surface area contributed by atoms with Gasteiger partial charge in [-0.1, -0.05) is 66.2 Å². The van der Waals surface area contributed by atoms with Crippen LogP contribution in [0.15, 0.2) is 85.3 Å². The molecule has 0 saturated heterocycles. The molecular weight excluding hydrogens is 454 g/mol. The summed E-state index contributed by atoms with van der Waals surface area (Å²) in [6.07, 6.45) is 3.02. The number of benzene rings is 3. The Hall–Kier alpha value is -4.39. The van der Waals surface area contributed by atoms with Crippen molar-refractivity contribution in [3.8, 4) is 16.8 Å². The highest BCUT2D eigenvalue weighted by atomic mass is 16.6. The number of ether oxygens (including phenoxy) is 2. The number of nitrogens with one attached hydrogen (secondary N) is 1. The topological polar surface area (TPSA) is 82.5 Å². The summed E-state index contributed by atoms with van der Waals surface area (Å²) < 4.78 is 12.4. The lowest BCUT2D eigenvalue weighted by Crippen LogP contribution is -2.43. The fraction of sp³-hybridized carbons (Fsp3) is 0.207. The van der Waals surface area contributed by atoms with E-state index in [0.29, 0.717) is 5.69 Å². The van der Waals surface area contributed by atoms with Crippen LogP contribution in [0.1, 0.15) is 28.3 Å². The van der Waals surface area contributed by atoms with Crippen molar-refractivity contribution in [2.45, 2.75) is 25.3 Å². The molecule has 1 atom stereocenters. The van der Waals surface area contributed by atoms with Crippen molar-refractivity contribution in [2.75, 3.05) is 13.7 Å². The predicted octanol–water partition coefficient (Wildman–Crippen LogP) is 4.80. The molecule has 7 heteroatoms. The second-order valence-electron chi connectivity index (χ2n) is 8.86. The van der Waals surface area contributed by atoms with Gasteiger partial charge in [0.05, 0.1) is 19.1 Å². The van der Waals surface area contributed by atoms with E-state index in [0.717, 1.165) is 33.5 Å². The monoisotopic (exact) mass is 481 g/mol. The first-order chi connectivity index (χ1) is 17.5. The number of methoxy groups -OCH3 is 1. The SMILES string of the molecule is COC(=O)[C@H](Cc1cn(-c2ccc(C)cc2)cn1)NC(=O)OCC1c2ccccc2-c2ccccc21. The fourth-order valence-electron chi connectivity index (χ4n) is 4.65. The molecule has 1 amide bonds. The maximum Gasteiger partial charge on any atom is 0.407 e. The molecule has 0 saturated carbocycles. The molecule has 1 aliphatic carbocycles.